The van der Waals surface area contributed by atoms with E-state index in [4.69, 9.17) is 0 Å². The Hall–Kier alpha value is 1.31. The van der Waals surface area contributed by atoms with E-state index in [1.165, 1.54) is 22.8 Å². The van der Waals surface area contributed by atoms with Gasteiger partial charge in [-0.2, -0.15) is 11.3 Å². The van der Waals surface area contributed by atoms with E-state index < -0.39 is 54.8 Å². The van der Waals surface area contributed by atoms with E-state index in [-0.39, 0.29) is 106 Å². The Morgan fingerprint density at radius 2 is 1.97 bits per heavy atom. The molecule has 1 fully saturated rings. The van der Waals surface area contributed by atoms with Crippen LogP contribution in [0.2, 0.25) is 0 Å². The van der Waals surface area contributed by atoms with Crippen molar-refractivity contribution in [2.45, 2.75) is 17.3 Å². The van der Waals surface area contributed by atoms with Gasteiger partial charge in [0.15, 0.2) is 0 Å². The summed E-state index contributed by atoms with van der Waals surface area (Å²) in [6, 6.07) is 0.249. The molecule has 1 unspecified atom stereocenters. The Labute approximate surface area is 246 Å². The molecule has 2 N–H and O–H groups in total. The summed E-state index contributed by atoms with van der Waals surface area (Å²) in [5.74, 6) is -5.12. The summed E-state index contributed by atoms with van der Waals surface area (Å²) in [4.78, 5) is 59.8. The summed E-state index contributed by atoms with van der Waals surface area (Å²) in [7, 11) is -5.33. The number of nitrogens with one attached hydrogen (secondary N) is 1. The molecule has 0 aromatic carbocycles. The van der Waals surface area contributed by atoms with Gasteiger partial charge >= 0.3 is 88.7 Å². The number of rotatable bonds is 6. The second-order valence-electron chi connectivity index (χ2n) is 5.79. The van der Waals surface area contributed by atoms with E-state index in [2.05, 4.69) is 5.32 Å². The average molecular weight is 500 g/mol. The molecule has 16 heteroatoms. The molecule has 10 nitrogen and oxygen atoms in total. The van der Waals surface area contributed by atoms with E-state index in [9.17, 15) is 38.9 Å². The van der Waals surface area contributed by atoms with E-state index in [1.807, 2.05) is 0 Å². The molecular formula is C14H12N2Na3O8PS2. The molecule has 1 saturated heterocycles. The quantitative estimate of drug-likeness (QED) is 0.166. The Morgan fingerprint density at radius 1 is 1.33 bits per heavy atom. The minimum absolute atomic E-state index is 0. The van der Waals surface area contributed by atoms with Crippen LogP contribution in [0.4, 0.5) is 0 Å². The van der Waals surface area contributed by atoms with Crippen molar-refractivity contribution < 1.29 is 128 Å². The first-order valence-corrected chi connectivity index (χ1v) is 11.0. The van der Waals surface area contributed by atoms with Crippen LogP contribution >= 0.6 is 30.7 Å². The van der Waals surface area contributed by atoms with E-state index in [1.54, 1.807) is 5.38 Å². The van der Waals surface area contributed by atoms with Gasteiger partial charge in [-0.15, -0.1) is 11.8 Å². The third-order valence-electron chi connectivity index (χ3n) is 4.14. The third kappa shape index (κ3) is 6.25. The normalized spacial score (nSPS) is 21.2. The molecule has 3 rings (SSSR count). The van der Waals surface area contributed by atoms with Crippen molar-refractivity contribution in [3.05, 3.63) is 33.4 Å². The van der Waals surface area contributed by atoms with Crippen molar-refractivity contribution in [2.75, 3.05) is 12.4 Å². The van der Waals surface area contributed by atoms with Crippen LogP contribution in [-0.4, -0.2) is 51.6 Å². The molecule has 0 radical (unpaired) electrons. The van der Waals surface area contributed by atoms with Crippen LogP contribution < -0.4 is 109 Å². The molecule has 1 aromatic heterocycles. The third-order valence-corrected chi connectivity index (χ3v) is 7.23. The van der Waals surface area contributed by atoms with E-state index >= 15 is 0 Å². The number of aliphatic carboxylic acids is 1. The van der Waals surface area contributed by atoms with E-state index in [0.717, 1.165) is 16.7 Å². The van der Waals surface area contributed by atoms with Crippen LogP contribution in [0, 0.1) is 0 Å². The summed E-state index contributed by atoms with van der Waals surface area (Å²) in [6.07, 6.45) is 0. The maximum Gasteiger partial charge on any atom is 1.00 e. The first kappa shape index (κ1) is 31.3. The van der Waals surface area contributed by atoms with Crippen LogP contribution in [0.3, 0.4) is 0 Å². The zero-order valence-electron chi connectivity index (χ0n) is 16.4. The number of fused-ring (bicyclic) bond motifs is 1. The Kier molecular flexibility index (Phi) is 13.2. The van der Waals surface area contributed by atoms with Gasteiger partial charge in [-0.25, -0.2) is 0 Å². The van der Waals surface area contributed by atoms with E-state index in [0.29, 0.717) is 0 Å². The van der Waals surface area contributed by atoms with Crippen molar-refractivity contribution in [2.24, 2.45) is 0 Å². The summed E-state index contributed by atoms with van der Waals surface area (Å²) in [6.45, 7) is -0.699. The molecule has 0 aliphatic carbocycles. The Morgan fingerprint density at radius 3 is 2.43 bits per heavy atom. The first-order chi connectivity index (χ1) is 12.7. The first-order valence-electron chi connectivity index (χ1n) is 7.50. The maximum atomic E-state index is 12.4. The Bertz CT molecular complexity index is 879. The molecule has 2 aliphatic rings. The number of nitrogens with zero attached hydrogens (tertiary/aromatic N) is 1. The number of hydrogen-bond donors (Lipinski definition) is 2. The van der Waals surface area contributed by atoms with Crippen LogP contribution in [0.15, 0.2) is 27.8 Å². The largest absolute Gasteiger partial charge is 1.00 e. The number of thioether (sulfide) groups is 1. The van der Waals surface area contributed by atoms with Gasteiger partial charge in [0, 0.05) is 5.75 Å². The van der Waals surface area contributed by atoms with Crippen LogP contribution in [0.5, 0.6) is 0 Å². The van der Waals surface area contributed by atoms with Gasteiger partial charge < -0.3 is 34.7 Å². The molecule has 30 heavy (non-hydrogen) atoms. The zero-order chi connectivity index (χ0) is 19.9. The molecule has 3 heterocycles. The van der Waals surface area contributed by atoms with Crippen LogP contribution in [0.1, 0.15) is 11.5 Å². The van der Waals surface area contributed by atoms with Gasteiger partial charge in [-0.1, -0.05) is 0 Å². The molecule has 0 saturated carbocycles. The second-order valence-corrected chi connectivity index (χ2v) is 9.09. The fourth-order valence-electron chi connectivity index (χ4n) is 2.93. The molecule has 3 atom stereocenters. The zero-order valence-corrected chi connectivity index (χ0v) is 24.9. The number of carbonyl (C=O) groups is 3. The predicted molar refractivity (Wildman–Crippen MR) is 88.8 cm³/mol. The fourth-order valence-corrected chi connectivity index (χ4v) is 6.16. The Balaban J connectivity index is 0.00000280. The molecule has 146 valence electrons. The van der Waals surface area contributed by atoms with Crippen molar-refractivity contribution in [1.82, 2.24) is 10.2 Å². The van der Waals surface area contributed by atoms with Gasteiger partial charge in [0.05, 0.1) is 18.0 Å². The minimum Gasteiger partial charge on any atom is -0.806 e. The monoisotopic (exact) mass is 500 g/mol. The maximum absolute atomic E-state index is 12.4. The van der Waals surface area contributed by atoms with Gasteiger partial charge in [0.25, 0.3) is 5.91 Å². The van der Waals surface area contributed by atoms with Crippen molar-refractivity contribution in [3.63, 3.8) is 0 Å². The van der Waals surface area contributed by atoms with Gasteiger partial charge in [-0.3, -0.25) is 14.5 Å². The molecule has 1 aromatic rings. The fraction of sp³-hybridized carbons (Fsp3) is 0.357. The second kappa shape index (κ2) is 12.7. The standard InChI is InChI=1S/C14H15N2O8PS2.3Na/c17-3-7-5-27-13-9(11(19)16(13)12(7)25(22,23)24)15-10(18)8(14(20)21)6-1-2-26-4-6;;;/h1-2,4,8-9,13,17H,3,5H2,(H,15,18)(H,20,21)(H2,22,23,24);;;/q;3*+1/p-3/t8?,9-,13-;;;/m1.../s1. The van der Waals surface area contributed by atoms with Crippen LogP contribution in [0.25, 0.3) is 0 Å². The molecule has 2 aliphatic heterocycles. The number of thiophene rings is 1. The van der Waals surface area contributed by atoms with Gasteiger partial charge in [-0.05, 0) is 35.6 Å². The van der Waals surface area contributed by atoms with Crippen molar-refractivity contribution in [3.8, 4) is 0 Å². The topological polar surface area (TPSA) is 173 Å². The summed E-state index contributed by atoms with van der Waals surface area (Å²) in [5, 5.41) is 25.0. The SMILES string of the molecule is O=C([O-])C(C(=O)N[C@@H]1C(=O)N2C(P(=O)([O-])[O-])=C(CO)CS[C@H]12)c1ccsc1.[Na+].[Na+].[Na+]. The number of carboxylic acid groups (broad SMARTS) is 1. The number of aliphatic hydroxyl groups excluding tert-OH is 1. The summed E-state index contributed by atoms with van der Waals surface area (Å²) in [5.41, 5.74) is -0.670. The number of carbonyl (C=O) groups excluding carboxylic acids is 3. The number of carboxylic acids is 1. The molecule has 0 spiro atoms. The number of amides is 2. The van der Waals surface area contributed by atoms with Crippen molar-refractivity contribution in [1.29, 1.82) is 0 Å². The number of β-lactam (4-membered cyclic amide) rings is 1. The smallest absolute Gasteiger partial charge is 0.806 e. The minimum atomic E-state index is -5.33. The molecule has 2 amide bonds. The van der Waals surface area contributed by atoms with Crippen molar-refractivity contribution >= 4 is 48.5 Å². The number of aliphatic hydroxyl groups is 1. The van der Waals surface area contributed by atoms with Crippen LogP contribution in [-0.2, 0) is 18.9 Å². The predicted octanol–water partition coefficient (Wildman–Crippen LogP) is -11.9. The number of hydrogen-bond acceptors (Lipinski definition) is 10. The van der Waals surface area contributed by atoms with Gasteiger partial charge in [0.2, 0.25) is 5.91 Å². The average Bonchev–Trinajstić information content (AvgIpc) is 3.11. The van der Waals surface area contributed by atoms with Gasteiger partial charge in [0.1, 0.15) is 17.3 Å². The summed E-state index contributed by atoms with van der Waals surface area (Å²) >= 11 is 2.23. The molecular weight excluding hydrogens is 488 g/mol. The molecule has 0 bridgehead atoms. The summed E-state index contributed by atoms with van der Waals surface area (Å²) < 4.78 is 11.5.